The molecule has 5 nitrogen and oxygen atoms in total. The highest BCUT2D eigenvalue weighted by atomic mass is 32.1. The molecule has 1 aromatic heterocycles. The number of nitrogens with one attached hydrogen (secondary N) is 2. The van der Waals surface area contributed by atoms with E-state index < -0.39 is 0 Å². The van der Waals surface area contributed by atoms with Crippen LogP contribution in [0.2, 0.25) is 0 Å². The van der Waals surface area contributed by atoms with Crippen molar-refractivity contribution in [1.82, 2.24) is 14.9 Å². The van der Waals surface area contributed by atoms with E-state index in [1.54, 1.807) is 29.2 Å². The largest absolute Gasteiger partial charge is 0.488 e. The molecule has 118 valence electrons. The van der Waals surface area contributed by atoms with Crippen LogP contribution in [0.15, 0.2) is 54.9 Å². The summed E-state index contributed by atoms with van der Waals surface area (Å²) in [6.07, 6.45) is 1.56. The van der Waals surface area contributed by atoms with Crippen LogP contribution in [0.5, 0.6) is 5.75 Å². The van der Waals surface area contributed by atoms with Crippen LogP contribution in [0.1, 0.15) is 11.1 Å². The molecule has 0 saturated carbocycles. The van der Waals surface area contributed by atoms with Gasteiger partial charge >= 0.3 is 0 Å². The Kier molecular flexibility index (Phi) is 4.68. The number of para-hydroxylation sites is 1. The van der Waals surface area contributed by atoms with Gasteiger partial charge in [-0.15, -0.1) is 0 Å². The van der Waals surface area contributed by atoms with Crippen LogP contribution in [0.25, 0.3) is 0 Å². The summed E-state index contributed by atoms with van der Waals surface area (Å²) in [6, 6.07) is 14.2. The van der Waals surface area contributed by atoms with Gasteiger partial charge in [-0.2, -0.15) is 5.10 Å². The second kappa shape index (κ2) is 7.06. The molecule has 0 aliphatic rings. The van der Waals surface area contributed by atoms with E-state index in [-0.39, 0.29) is 12.4 Å². The molecule has 0 aliphatic carbocycles. The first kappa shape index (κ1) is 15.2. The molecule has 3 aromatic rings. The molecule has 0 aliphatic heterocycles. The average molecular weight is 330 g/mol. The summed E-state index contributed by atoms with van der Waals surface area (Å²) in [4.78, 5) is 0. The van der Waals surface area contributed by atoms with Crippen molar-refractivity contribution >= 4 is 12.2 Å². The first-order valence-electron chi connectivity index (χ1n) is 7.04. The Morgan fingerprint density at radius 3 is 2.61 bits per heavy atom. The lowest BCUT2D eigenvalue weighted by molar-refractivity contribution is 0.297. The second-order valence-electron chi connectivity index (χ2n) is 4.85. The molecule has 2 aromatic carbocycles. The van der Waals surface area contributed by atoms with Crippen molar-refractivity contribution in [3.63, 3.8) is 0 Å². The van der Waals surface area contributed by atoms with E-state index >= 15 is 0 Å². The third-order valence-electron chi connectivity index (χ3n) is 3.31. The molecule has 0 fully saturated rings. The summed E-state index contributed by atoms with van der Waals surface area (Å²) in [5, 5.41) is 6.51. The van der Waals surface area contributed by atoms with Crippen LogP contribution in [0, 0.1) is 10.6 Å². The summed E-state index contributed by atoms with van der Waals surface area (Å²) >= 11 is 5.07. The fourth-order valence-corrected chi connectivity index (χ4v) is 2.26. The Hall–Kier alpha value is -2.67. The van der Waals surface area contributed by atoms with Gasteiger partial charge in [0.1, 0.15) is 24.5 Å². The van der Waals surface area contributed by atoms with Crippen molar-refractivity contribution in [1.29, 1.82) is 0 Å². The van der Waals surface area contributed by atoms with Gasteiger partial charge in [0.2, 0.25) is 4.77 Å². The van der Waals surface area contributed by atoms with E-state index in [9.17, 15) is 4.39 Å². The van der Waals surface area contributed by atoms with E-state index in [1.807, 2.05) is 24.3 Å². The Morgan fingerprint density at radius 1 is 1.13 bits per heavy atom. The lowest BCUT2D eigenvalue weighted by Crippen LogP contribution is -2.14. The molecule has 7 heteroatoms. The number of halogens is 1. The van der Waals surface area contributed by atoms with Crippen molar-refractivity contribution < 1.29 is 9.13 Å². The van der Waals surface area contributed by atoms with E-state index in [0.717, 1.165) is 5.56 Å². The molecule has 0 atom stereocenters. The standard InChI is InChI=1S/C16H15FN4OS/c17-14-7-3-1-6-13(14)10-22-15-8-4-2-5-12(15)9-19-21-11-18-20-16(21)23/h1-8,11,19H,9-10H2,(H,20,23). The summed E-state index contributed by atoms with van der Waals surface area (Å²) in [7, 11) is 0. The lowest BCUT2D eigenvalue weighted by Gasteiger charge is -2.13. The quantitative estimate of drug-likeness (QED) is 0.680. The molecular weight excluding hydrogens is 315 g/mol. The van der Waals surface area contributed by atoms with Gasteiger partial charge < -0.3 is 10.2 Å². The number of H-pyrrole nitrogens is 1. The molecule has 0 amide bonds. The van der Waals surface area contributed by atoms with Gasteiger partial charge in [-0.3, -0.25) is 5.10 Å². The van der Waals surface area contributed by atoms with Gasteiger partial charge in [-0.05, 0) is 24.4 Å². The Morgan fingerprint density at radius 2 is 1.87 bits per heavy atom. The normalized spacial score (nSPS) is 10.5. The summed E-state index contributed by atoms with van der Waals surface area (Å²) in [6.45, 7) is 0.677. The molecule has 0 bridgehead atoms. The number of ether oxygens (including phenoxy) is 1. The molecule has 0 saturated heterocycles. The van der Waals surface area contributed by atoms with Crippen LogP contribution in [-0.4, -0.2) is 14.9 Å². The maximum atomic E-state index is 13.7. The highest BCUT2D eigenvalue weighted by Crippen LogP contribution is 2.20. The zero-order chi connectivity index (χ0) is 16.1. The van der Waals surface area contributed by atoms with Crippen LogP contribution in [0.3, 0.4) is 0 Å². The molecule has 2 N–H and O–H groups in total. The number of aromatic nitrogens is 3. The van der Waals surface area contributed by atoms with Gasteiger partial charge in [-0.1, -0.05) is 36.4 Å². The number of rotatable bonds is 6. The van der Waals surface area contributed by atoms with E-state index in [4.69, 9.17) is 17.0 Å². The monoisotopic (exact) mass is 330 g/mol. The fraction of sp³-hybridized carbons (Fsp3) is 0.125. The molecular formula is C16H15FN4OS. The van der Waals surface area contributed by atoms with Crippen molar-refractivity contribution in [3.05, 3.63) is 76.6 Å². The minimum Gasteiger partial charge on any atom is -0.488 e. The molecule has 3 rings (SSSR count). The molecule has 0 unspecified atom stereocenters. The molecule has 0 spiro atoms. The van der Waals surface area contributed by atoms with Gasteiger partial charge in [0, 0.05) is 11.1 Å². The minimum atomic E-state index is -0.271. The van der Waals surface area contributed by atoms with Crippen molar-refractivity contribution in [2.75, 3.05) is 5.43 Å². The molecule has 0 radical (unpaired) electrons. The first-order chi connectivity index (χ1) is 11.2. The van der Waals surface area contributed by atoms with E-state index in [1.165, 1.54) is 6.07 Å². The topological polar surface area (TPSA) is 54.9 Å². The number of nitrogens with zero attached hydrogens (tertiary/aromatic N) is 2. The maximum Gasteiger partial charge on any atom is 0.214 e. The summed E-state index contributed by atoms with van der Waals surface area (Å²) in [5.41, 5.74) is 4.58. The number of benzene rings is 2. The smallest absolute Gasteiger partial charge is 0.214 e. The number of hydrogen-bond acceptors (Lipinski definition) is 4. The van der Waals surface area contributed by atoms with Gasteiger partial charge in [0.25, 0.3) is 0 Å². The SMILES string of the molecule is Fc1ccccc1COc1ccccc1CNn1cn[nH]c1=S. The molecule has 23 heavy (non-hydrogen) atoms. The zero-order valence-corrected chi connectivity index (χ0v) is 13.0. The summed E-state index contributed by atoms with van der Waals surface area (Å²) < 4.78 is 21.5. The zero-order valence-electron chi connectivity index (χ0n) is 12.2. The number of aromatic amines is 1. The highest BCUT2D eigenvalue weighted by Gasteiger charge is 2.06. The van der Waals surface area contributed by atoms with Crippen LogP contribution in [-0.2, 0) is 13.2 Å². The van der Waals surface area contributed by atoms with E-state index in [2.05, 4.69) is 15.6 Å². The van der Waals surface area contributed by atoms with E-state index in [0.29, 0.717) is 22.6 Å². The predicted octanol–water partition coefficient (Wildman–Crippen LogP) is 3.40. The van der Waals surface area contributed by atoms with Crippen LogP contribution < -0.4 is 10.2 Å². The lowest BCUT2D eigenvalue weighted by atomic mass is 10.2. The van der Waals surface area contributed by atoms with Gasteiger partial charge in [0.05, 0.1) is 6.54 Å². The first-order valence-corrected chi connectivity index (χ1v) is 7.45. The Balaban J connectivity index is 1.69. The fourth-order valence-electron chi connectivity index (χ4n) is 2.09. The van der Waals surface area contributed by atoms with Crippen LogP contribution in [0.4, 0.5) is 4.39 Å². The Labute approximate surface area is 137 Å². The average Bonchev–Trinajstić information content (AvgIpc) is 2.98. The maximum absolute atomic E-state index is 13.7. The van der Waals surface area contributed by atoms with Crippen molar-refractivity contribution in [3.8, 4) is 5.75 Å². The third-order valence-corrected chi connectivity index (χ3v) is 3.59. The van der Waals surface area contributed by atoms with Crippen LogP contribution >= 0.6 is 12.2 Å². The second-order valence-corrected chi connectivity index (χ2v) is 5.24. The van der Waals surface area contributed by atoms with Crippen molar-refractivity contribution in [2.45, 2.75) is 13.2 Å². The van der Waals surface area contributed by atoms with Crippen molar-refractivity contribution in [2.24, 2.45) is 0 Å². The Bertz CT molecular complexity index is 846. The summed E-state index contributed by atoms with van der Waals surface area (Å²) in [5.74, 6) is 0.422. The van der Waals surface area contributed by atoms with Gasteiger partial charge in [-0.25, -0.2) is 9.07 Å². The molecule has 1 heterocycles. The highest BCUT2D eigenvalue weighted by molar-refractivity contribution is 7.71. The number of hydrogen-bond donors (Lipinski definition) is 2. The minimum absolute atomic E-state index is 0.175. The third kappa shape index (κ3) is 3.75. The van der Waals surface area contributed by atoms with Gasteiger partial charge in [0.15, 0.2) is 0 Å². The predicted molar refractivity (Wildman–Crippen MR) is 87.7 cm³/mol.